The molecule has 3 aromatic rings. The highest BCUT2D eigenvalue weighted by molar-refractivity contribution is 9.10. The van der Waals surface area contributed by atoms with Gasteiger partial charge in [0.15, 0.2) is 5.13 Å². The molecule has 0 fully saturated rings. The highest BCUT2D eigenvalue weighted by Crippen LogP contribution is 2.23. The zero-order valence-electron chi connectivity index (χ0n) is 10.3. The van der Waals surface area contributed by atoms with Crippen LogP contribution in [0.3, 0.4) is 0 Å². The molecule has 0 unspecified atom stereocenters. The van der Waals surface area contributed by atoms with Crippen LogP contribution in [0.15, 0.2) is 46.3 Å². The number of benzene rings is 2. The fraction of sp³-hybridized carbons (Fsp3) is 0. The van der Waals surface area contributed by atoms with Crippen molar-refractivity contribution in [2.75, 3.05) is 11.1 Å². The first-order chi connectivity index (χ1) is 9.61. The Bertz CT molecular complexity index is 800. The Morgan fingerprint density at radius 2 is 1.95 bits per heavy atom. The standard InChI is InChI=1S/C14H10BrN3OS/c15-10-3-1-9-6-11(4-2-8(9)5-10)17-13(19)12-7-20-14(16)18-12/h1-7H,(H2,16,18)(H,17,19). The minimum atomic E-state index is -0.255. The van der Waals surface area contributed by atoms with Gasteiger partial charge in [-0.3, -0.25) is 4.79 Å². The molecule has 0 aliphatic carbocycles. The molecule has 0 radical (unpaired) electrons. The zero-order chi connectivity index (χ0) is 14.1. The first-order valence-corrected chi connectivity index (χ1v) is 7.51. The molecule has 0 atom stereocenters. The maximum absolute atomic E-state index is 12.0. The molecule has 0 aliphatic heterocycles. The average Bonchev–Trinajstić information content (AvgIpc) is 2.86. The smallest absolute Gasteiger partial charge is 0.275 e. The van der Waals surface area contributed by atoms with Gasteiger partial charge in [-0.25, -0.2) is 4.98 Å². The lowest BCUT2D eigenvalue weighted by atomic mass is 10.1. The van der Waals surface area contributed by atoms with Crippen LogP contribution in [0.1, 0.15) is 10.5 Å². The van der Waals surface area contributed by atoms with E-state index in [0.717, 1.165) is 20.9 Å². The van der Waals surface area contributed by atoms with Gasteiger partial charge in [0, 0.05) is 15.5 Å². The number of aromatic nitrogens is 1. The number of nitrogens with one attached hydrogen (secondary N) is 1. The van der Waals surface area contributed by atoms with Crippen LogP contribution in [0.4, 0.5) is 10.8 Å². The number of nitrogens with two attached hydrogens (primary N) is 1. The van der Waals surface area contributed by atoms with E-state index < -0.39 is 0 Å². The van der Waals surface area contributed by atoms with Gasteiger partial charge in [0.2, 0.25) is 0 Å². The highest BCUT2D eigenvalue weighted by Gasteiger charge is 2.10. The number of nitrogens with zero attached hydrogens (tertiary/aromatic N) is 1. The largest absolute Gasteiger partial charge is 0.375 e. The normalized spacial score (nSPS) is 10.7. The number of carbonyl (C=O) groups is 1. The number of fused-ring (bicyclic) bond motifs is 1. The predicted octanol–water partition coefficient (Wildman–Crippen LogP) is 3.89. The van der Waals surface area contributed by atoms with E-state index in [9.17, 15) is 4.79 Å². The van der Waals surface area contributed by atoms with Gasteiger partial charge in [-0.15, -0.1) is 11.3 Å². The number of hydrogen-bond donors (Lipinski definition) is 2. The summed E-state index contributed by atoms with van der Waals surface area (Å²) in [5, 5.41) is 7.01. The summed E-state index contributed by atoms with van der Waals surface area (Å²) in [5.41, 5.74) is 6.59. The summed E-state index contributed by atoms with van der Waals surface area (Å²) < 4.78 is 1.03. The van der Waals surface area contributed by atoms with Crippen LogP contribution in [-0.2, 0) is 0 Å². The van der Waals surface area contributed by atoms with Gasteiger partial charge in [-0.1, -0.05) is 28.1 Å². The molecule has 6 heteroatoms. The lowest BCUT2D eigenvalue weighted by molar-refractivity contribution is 0.102. The second-order valence-corrected chi connectivity index (χ2v) is 6.04. The van der Waals surface area contributed by atoms with E-state index in [4.69, 9.17) is 5.73 Å². The molecule has 4 nitrogen and oxygen atoms in total. The van der Waals surface area contributed by atoms with Gasteiger partial charge in [0.25, 0.3) is 5.91 Å². The van der Waals surface area contributed by atoms with Crippen molar-refractivity contribution in [3.05, 3.63) is 51.9 Å². The molecule has 0 bridgehead atoms. The molecule has 1 heterocycles. The molecule has 1 aromatic heterocycles. The van der Waals surface area contributed by atoms with Crippen LogP contribution < -0.4 is 11.1 Å². The summed E-state index contributed by atoms with van der Waals surface area (Å²) >= 11 is 4.68. The summed E-state index contributed by atoms with van der Waals surface area (Å²) in [7, 11) is 0. The predicted molar refractivity (Wildman–Crippen MR) is 86.1 cm³/mol. The van der Waals surface area contributed by atoms with Crippen LogP contribution in [-0.4, -0.2) is 10.9 Å². The van der Waals surface area contributed by atoms with Crippen molar-refractivity contribution in [1.29, 1.82) is 0 Å². The SMILES string of the molecule is Nc1nc(C(=O)Nc2ccc3cc(Br)ccc3c2)cs1. The van der Waals surface area contributed by atoms with Crippen molar-refractivity contribution in [3.63, 3.8) is 0 Å². The second kappa shape index (κ2) is 5.22. The van der Waals surface area contributed by atoms with E-state index in [1.807, 2.05) is 36.4 Å². The molecule has 3 rings (SSSR count). The number of amides is 1. The summed E-state index contributed by atoms with van der Waals surface area (Å²) in [4.78, 5) is 15.9. The monoisotopic (exact) mass is 347 g/mol. The number of rotatable bonds is 2. The van der Waals surface area contributed by atoms with Crippen molar-refractivity contribution >= 4 is 54.8 Å². The Morgan fingerprint density at radius 1 is 1.20 bits per heavy atom. The van der Waals surface area contributed by atoms with Crippen molar-refractivity contribution in [2.45, 2.75) is 0 Å². The fourth-order valence-corrected chi connectivity index (χ4v) is 2.80. The third-order valence-corrected chi connectivity index (χ3v) is 3.98. The lowest BCUT2D eigenvalue weighted by Gasteiger charge is -2.05. The van der Waals surface area contributed by atoms with E-state index in [2.05, 4.69) is 26.2 Å². The highest BCUT2D eigenvalue weighted by atomic mass is 79.9. The molecule has 2 aromatic carbocycles. The van der Waals surface area contributed by atoms with Crippen molar-refractivity contribution in [2.24, 2.45) is 0 Å². The van der Waals surface area contributed by atoms with Gasteiger partial charge < -0.3 is 11.1 Å². The van der Waals surface area contributed by atoms with Gasteiger partial charge >= 0.3 is 0 Å². The summed E-state index contributed by atoms with van der Waals surface area (Å²) in [6.45, 7) is 0. The molecule has 0 saturated heterocycles. The van der Waals surface area contributed by atoms with E-state index >= 15 is 0 Å². The summed E-state index contributed by atoms with van der Waals surface area (Å²) in [5.74, 6) is -0.255. The summed E-state index contributed by atoms with van der Waals surface area (Å²) in [6.07, 6.45) is 0. The Morgan fingerprint density at radius 3 is 2.70 bits per heavy atom. The van der Waals surface area contributed by atoms with Crippen molar-refractivity contribution in [1.82, 2.24) is 4.98 Å². The Balaban J connectivity index is 1.87. The van der Waals surface area contributed by atoms with Crippen LogP contribution >= 0.6 is 27.3 Å². The molecular formula is C14H10BrN3OS. The Labute approximate surface area is 127 Å². The summed E-state index contributed by atoms with van der Waals surface area (Å²) in [6, 6.07) is 11.7. The fourth-order valence-electron chi connectivity index (χ4n) is 1.88. The number of nitrogen functional groups attached to an aromatic ring is 1. The third kappa shape index (κ3) is 2.66. The second-order valence-electron chi connectivity index (χ2n) is 4.23. The van der Waals surface area contributed by atoms with E-state index in [1.54, 1.807) is 5.38 Å². The van der Waals surface area contributed by atoms with Crippen molar-refractivity contribution < 1.29 is 4.79 Å². The number of anilines is 2. The van der Waals surface area contributed by atoms with Gasteiger partial charge in [-0.05, 0) is 35.0 Å². The first kappa shape index (κ1) is 13.1. The van der Waals surface area contributed by atoms with Crippen LogP contribution in [0.5, 0.6) is 0 Å². The molecular weight excluding hydrogens is 338 g/mol. The third-order valence-electron chi connectivity index (χ3n) is 2.81. The van der Waals surface area contributed by atoms with Crippen LogP contribution in [0.25, 0.3) is 10.8 Å². The Hall–Kier alpha value is -1.92. The van der Waals surface area contributed by atoms with Crippen molar-refractivity contribution in [3.8, 4) is 0 Å². The maximum Gasteiger partial charge on any atom is 0.275 e. The molecule has 1 amide bonds. The molecule has 0 aliphatic rings. The van der Waals surface area contributed by atoms with E-state index in [0.29, 0.717) is 10.8 Å². The van der Waals surface area contributed by atoms with Gasteiger partial charge in [-0.2, -0.15) is 0 Å². The lowest BCUT2D eigenvalue weighted by Crippen LogP contribution is -2.12. The molecule has 0 saturated carbocycles. The van der Waals surface area contributed by atoms with E-state index in [1.165, 1.54) is 11.3 Å². The maximum atomic E-state index is 12.0. The Kier molecular flexibility index (Phi) is 3.42. The average molecular weight is 348 g/mol. The van der Waals surface area contributed by atoms with Gasteiger partial charge in [0.1, 0.15) is 5.69 Å². The molecule has 100 valence electrons. The topological polar surface area (TPSA) is 68.0 Å². The first-order valence-electron chi connectivity index (χ1n) is 5.83. The van der Waals surface area contributed by atoms with Gasteiger partial charge in [0.05, 0.1) is 0 Å². The molecule has 0 spiro atoms. The van der Waals surface area contributed by atoms with Crippen LogP contribution in [0.2, 0.25) is 0 Å². The van der Waals surface area contributed by atoms with E-state index in [-0.39, 0.29) is 5.91 Å². The quantitative estimate of drug-likeness (QED) is 0.738. The number of carbonyl (C=O) groups excluding carboxylic acids is 1. The molecule has 20 heavy (non-hydrogen) atoms. The number of halogens is 1. The minimum absolute atomic E-state index is 0.255. The molecule has 3 N–H and O–H groups in total. The number of thiazole rings is 1. The number of hydrogen-bond acceptors (Lipinski definition) is 4. The minimum Gasteiger partial charge on any atom is -0.375 e. The zero-order valence-corrected chi connectivity index (χ0v) is 12.7. The van der Waals surface area contributed by atoms with Crippen LogP contribution in [0, 0.1) is 0 Å².